The van der Waals surface area contributed by atoms with Crippen molar-refractivity contribution in [2.45, 2.75) is 27.7 Å². The van der Waals surface area contributed by atoms with Crippen molar-refractivity contribution in [3.05, 3.63) is 77.4 Å². The minimum atomic E-state index is -0.655. The molecule has 0 saturated heterocycles. The van der Waals surface area contributed by atoms with Crippen LogP contribution in [0.4, 0.5) is 26.4 Å². The van der Waals surface area contributed by atoms with Gasteiger partial charge in [-0.15, -0.1) is 11.3 Å². The van der Waals surface area contributed by atoms with E-state index in [9.17, 15) is 4.79 Å². The van der Waals surface area contributed by atoms with E-state index in [4.69, 9.17) is 11.1 Å². The molecule has 0 radical (unpaired) electrons. The summed E-state index contributed by atoms with van der Waals surface area (Å²) in [7, 11) is 0. The Balaban J connectivity index is 1.54. The summed E-state index contributed by atoms with van der Waals surface area (Å²) in [4.78, 5) is 21.8. The number of hydrogen-bond acceptors (Lipinski definition) is 7. The van der Waals surface area contributed by atoms with Crippen molar-refractivity contribution < 1.29 is 9.18 Å². The number of amides is 2. The van der Waals surface area contributed by atoms with Gasteiger partial charge >= 0.3 is 6.03 Å². The number of nitrogens with two attached hydrogens (primary N) is 1. The van der Waals surface area contributed by atoms with Crippen LogP contribution in [0.15, 0.2) is 66.1 Å². The van der Waals surface area contributed by atoms with E-state index >= 15 is 4.39 Å². The summed E-state index contributed by atoms with van der Waals surface area (Å²) in [5, 5.41) is 19.3. The number of benzene rings is 2. The van der Waals surface area contributed by atoms with E-state index in [2.05, 4.69) is 25.9 Å². The van der Waals surface area contributed by atoms with Crippen molar-refractivity contribution in [1.82, 2.24) is 15.3 Å². The molecule has 0 bridgehead atoms. The third-order valence-electron chi connectivity index (χ3n) is 5.60. The van der Waals surface area contributed by atoms with Crippen LogP contribution in [0.5, 0.6) is 0 Å². The quantitative estimate of drug-likeness (QED) is 0.186. The van der Waals surface area contributed by atoms with Gasteiger partial charge in [0.1, 0.15) is 28.6 Å². The number of allylic oxidation sites excluding steroid dienone is 1. The molecule has 190 valence electrons. The number of fused-ring (bicyclic) bond motifs is 1. The van der Waals surface area contributed by atoms with Gasteiger partial charge in [-0.25, -0.2) is 19.2 Å². The number of urea groups is 1. The standard InChI is InChI=1S/C27H28FN7OS/c1-15-5-8-17(9-6-15)33-22(12-21(29)27(2,3)4)35-26(36)34-20-10-7-16(11-19(20)28)18-13-37-25-23(18)24(30)31-14-32-25/h5-14,29,33H,1-4H3,(H2,30,31,32)(H2,34,35,36)/b22-12+,29-21?. The molecule has 37 heavy (non-hydrogen) atoms. The molecular weight excluding hydrogens is 489 g/mol. The fourth-order valence-corrected chi connectivity index (χ4v) is 4.35. The fourth-order valence-electron chi connectivity index (χ4n) is 3.43. The molecule has 10 heteroatoms. The summed E-state index contributed by atoms with van der Waals surface area (Å²) in [5.74, 6) is 0.00450. The van der Waals surface area contributed by atoms with Crippen LogP contribution in [0.3, 0.4) is 0 Å². The normalized spacial score (nSPS) is 11.9. The van der Waals surface area contributed by atoms with Gasteiger partial charge in [-0.3, -0.25) is 5.32 Å². The second-order valence-corrected chi connectivity index (χ2v) is 10.4. The number of aromatic nitrogens is 2. The molecule has 0 atom stereocenters. The van der Waals surface area contributed by atoms with Crippen LogP contribution in [-0.2, 0) is 0 Å². The van der Waals surface area contributed by atoms with E-state index in [0.29, 0.717) is 33.1 Å². The maximum absolute atomic E-state index is 15.0. The predicted molar refractivity (Wildman–Crippen MR) is 149 cm³/mol. The molecule has 0 spiro atoms. The molecule has 0 saturated carbocycles. The number of carbonyl (C=O) groups is 1. The van der Waals surface area contributed by atoms with Crippen LogP contribution in [0, 0.1) is 23.6 Å². The molecule has 2 aromatic carbocycles. The molecule has 0 unspecified atom stereocenters. The number of anilines is 3. The zero-order valence-electron chi connectivity index (χ0n) is 20.9. The lowest BCUT2D eigenvalue weighted by Crippen LogP contribution is -2.33. The lowest BCUT2D eigenvalue weighted by molar-refractivity contribution is 0.254. The molecule has 0 aliphatic heterocycles. The summed E-state index contributed by atoms with van der Waals surface area (Å²) in [6.45, 7) is 7.69. The first-order valence-electron chi connectivity index (χ1n) is 11.5. The Morgan fingerprint density at radius 2 is 1.84 bits per heavy atom. The van der Waals surface area contributed by atoms with E-state index in [0.717, 1.165) is 16.8 Å². The molecule has 0 aliphatic carbocycles. The third-order valence-corrected chi connectivity index (χ3v) is 6.49. The van der Waals surface area contributed by atoms with Gasteiger partial charge in [0.2, 0.25) is 0 Å². The summed E-state index contributed by atoms with van der Waals surface area (Å²) in [6, 6.07) is 11.5. The summed E-state index contributed by atoms with van der Waals surface area (Å²) >= 11 is 1.39. The van der Waals surface area contributed by atoms with Crippen LogP contribution in [0.2, 0.25) is 0 Å². The molecule has 4 rings (SSSR count). The fraction of sp³-hybridized carbons (Fsp3) is 0.185. The number of aryl methyl sites for hydroxylation is 1. The van der Waals surface area contributed by atoms with E-state index in [-0.39, 0.29) is 5.69 Å². The minimum absolute atomic E-state index is 0.00518. The average molecular weight is 518 g/mol. The van der Waals surface area contributed by atoms with Gasteiger partial charge in [0.25, 0.3) is 0 Å². The summed E-state index contributed by atoms with van der Waals surface area (Å²) in [6.07, 6.45) is 2.94. The Bertz CT molecular complexity index is 1500. The SMILES string of the molecule is Cc1ccc(N/C(=C\C(=N)C(C)(C)C)NC(=O)Nc2ccc(-c3csc4ncnc(N)c34)cc2F)cc1. The Kier molecular flexibility index (Phi) is 7.21. The second kappa shape index (κ2) is 10.4. The van der Waals surface area contributed by atoms with Crippen LogP contribution in [-0.4, -0.2) is 21.7 Å². The second-order valence-electron chi connectivity index (χ2n) is 9.57. The third kappa shape index (κ3) is 6.10. The largest absolute Gasteiger partial charge is 0.383 e. The number of carbonyl (C=O) groups excluding carboxylic acids is 1. The highest BCUT2D eigenvalue weighted by Crippen LogP contribution is 2.36. The first-order valence-corrected chi connectivity index (χ1v) is 12.4. The molecule has 0 fully saturated rings. The Hall–Kier alpha value is -4.31. The summed E-state index contributed by atoms with van der Waals surface area (Å²) in [5.41, 5.74) is 9.04. The first kappa shape index (κ1) is 25.8. The minimum Gasteiger partial charge on any atom is -0.383 e. The summed E-state index contributed by atoms with van der Waals surface area (Å²) < 4.78 is 15.0. The molecular formula is C27H28FN7OS. The number of hydrogen-bond donors (Lipinski definition) is 5. The molecule has 2 amide bonds. The molecule has 2 heterocycles. The van der Waals surface area contributed by atoms with Crippen LogP contribution >= 0.6 is 11.3 Å². The zero-order chi connectivity index (χ0) is 26.7. The van der Waals surface area contributed by atoms with Crippen LogP contribution < -0.4 is 21.7 Å². The van der Waals surface area contributed by atoms with Crippen LogP contribution in [0.25, 0.3) is 21.3 Å². The van der Waals surface area contributed by atoms with Crippen molar-refractivity contribution in [3.63, 3.8) is 0 Å². The van der Waals surface area contributed by atoms with Crippen molar-refractivity contribution >= 4 is 50.5 Å². The lowest BCUT2D eigenvalue weighted by Gasteiger charge is -2.20. The first-order chi connectivity index (χ1) is 17.5. The number of thiophene rings is 1. The number of rotatable bonds is 6. The monoisotopic (exact) mass is 517 g/mol. The maximum atomic E-state index is 15.0. The topological polar surface area (TPSA) is 129 Å². The number of halogens is 1. The van der Waals surface area contributed by atoms with Crippen molar-refractivity contribution in [2.75, 3.05) is 16.4 Å². The number of nitrogens with one attached hydrogen (secondary N) is 4. The predicted octanol–water partition coefficient (Wildman–Crippen LogP) is 6.53. The molecule has 4 aromatic rings. The maximum Gasteiger partial charge on any atom is 0.324 e. The van der Waals surface area contributed by atoms with E-state index in [1.807, 2.05) is 57.3 Å². The van der Waals surface area contributed by atoms with Crippen molar-refractivity contribution in [1.29, 1.82) is 5.41 Å². The van der Waals surface area contributed by atoms with Gasteiger partial charge in [-0.2, -0.15) is 0 Å². The highest BCUT2D eigenvalue weighted by molar-refractivity contribution is 7.17. The van der Waals surface area contributed by atoms with E-state index in [1.54, 1.807) is 12.1 Å². The van der Waals surface area contributed by atoms with Crippen molar-refractivity contribution in [3.8, 4) is 11.1 Å². The Morgan fingerprint density at radius 1 is 1.11 bits per heavy atom. The van der Waals surface area contributed by atoms with E-state index in [1.165, 1.54) is 29.8 Å². The molecule has 8 nitrogen and oxygen atoms in total. The van der Waals surface area contributed by atoms with Gasteiger partial charge in [-0.05, 0) is 36.8 Å². The number of nitrogen functional groups attached to an aromatic ring is 1. The Morgan fingerprint density at radius 3 is 2.51 bits per heavy atom. The molecule has 0 aliphatic rings. The molecule has 2 aromatic heterocycles. The number of nitrogens with zero attached hydrogens (tertiary/aromatic N) is 2. The van der Waals surface area contributed by atoms with Gasteiger partial charge in [0, 0.05) is 33.8 Å². The van der Waals surface area contributed by atoms with Gasteiger partial charge in [-0.1, -0.05) is 44.5 Å². The van der Waals surface area contributed by atoms with Gasteiger partial charge in [0.05, 0.1) is 11.1 Å². The van der Waals surface area contributed by atoms with Gasteiger partial charge in [0.15, 0.2) is 0 Å². The highest BCUT2D eigenvalue weighted by Gasteiger charge is 2.18. The lowest BCUT2D eigenvalue weighted by atomic mass is 9.90. The highest BCUT2D eigenvalue weighted by atomic mass is 32.1. The van der Waals surface area contributed by atoms with Crippen molar-refractivity contribution in [2.24, 2.45) is 5.41 Å². The zero-order valence-corrected chi connectivity index (χ0v) is 21.8. The smallest absolute Gasteiger partial charge is 0.324 e. The van der Waals surface area contributed by atoms with E-state index < -0.39 is 17.3 Å². The average Bonchev–Trinajstić information content (AvgIpc) is 3.27. The Labute approximate surface area is 218 Å². The van der Waals surface area contributed by atoms with Crippen LogP contribution in [0.1, 0.15) is 26.3 Å². The van der Waals surface area contributed by atoms with Gasteiger partial charge < -0.3 is 21.8 Å². The molecule has 6 N–H and O–H groups in total.